The Labute approximate surface area is 156 Å². The first-order valence-corrected chi connectivity index (χ1v) is 9.73. The third-order valence-electron chi connectivity index (χ3n) is 5.22. The summed E-state index contributed by atoms with van der Waals surface area (Å²) in [7, 11) is 1.83. The lowest BCUT2D eigenvalue weighted by molar-refractivity contribution is 0.0923. The van der Waals surface area contributed by atoms with E-state index in [0.717, 1.165) is 36.6 Å². The molecule has 0 aliphatic carbocycles. The predicted octanol–water partition coefficient (Wildman–Crippen LogP) is 3.05. The van der Waals surface area contributed by atoms with Crippen molar-refractivity contribution in [3.8, 4) is 0 Å². The van der Waals surface area contributed by atoms with E-state index in [4.69, 9.17) is 4.98 Å². The highest BCUT2D eigenvalue weighted by Gasteiger charge is 2.24. The van der Waals surface area contributed by atoms with Gasteiger partial charge in [-0.2, -0.15) is 0 Å². The Balaban J connectivity index is 1.41. The molecule has 0 spiro atoms. The Bertz CT molecular complexity index is 952. The van der Waals surface area contributed by atoms with Gasteiger partial charge in [0.1, 0.15) is 5.69 Å². The van der Waals surface area contributed by atoms with Crippen molar-refractivity contribution in [1.82, 2.24) is 19.9 Å². The SMILES string of the molecule is Cc1ccc2sc(N3CCC(NC(=O)c4cncn4C)CC3)nc2c1C. The standard InChI is InChI=1S/C19H23N5OS/c1-12-4-5-16-17(13(12)2)22-19(26-16)24-8-6-14(7-9-24)21-18(25)15-10-20-11-23(15)3/h4-5,10-11,14H,6-9H2,1-3H3,(H,21,25). The maximum Gasteiger partial charge on any atom is 0.269 e. The number of anilines is 1. The van der Waals surface area contributed by atoms with Crippen LogP contribution in [0, 0.1) is 13.8 Å². The van der Waals surface area contributed by atoms with E-state index in [1.807, 2.05) is 7.05 Å². The monoisotopic (exact) mass is 369 g/mol. The number of thiazole rings is 1. The molecule has 0 saturated carbocycles. The van der Waals surface area contributed by atoms with Gasteiger partial charge in [-0.25, -0.2) is 9.97 Å². The van der Waals surface area contributed by atoms with Gasteiger partial charge in [-0.15, -0.1) is 0 Å². The maximum absolute atomic E-state index is 12.3. The number of hydrogen-bond acceptors (Lipinski definition) is 5. The molecule has 1 amide bonds. The van der Waals surface area contributed by atoms with Crippen molar-refractivity contribution in [3.63, 3.8) is 0 Å². The fourth-order valence-corrected chi connectivity index (χ4v) is 4.48. The molecule has 0 atom stereocenters. The van der Waals surface area contributed by atoms with Gasteiger partial charge in [-0.05, 0) is 43.9 Å². The molecule has 3 heterocycles. The molecule has 1 aliphatic heterocycles. The van der Waals surface area contributed by atoms with Crippen molar-refractivity contribution in [2.75, 3.05) is 18.0 Å². The number of benzene rings is 1. The lowest BCUT2D eigenvalue weighted by Crippen LogP contribution is -2.45. The van der Waals surface area contributed by atoms with E-state index in [-0.39, 0.29) is 11.9 Å². The Morgan fingerprint density at radius 3 is 2.73 bits per heavy atom. The number of nitrogens with one attached hydrogen (secondary N) is 1. The molecule has 136 valence electrons. The van der Waals surface area contributed by atoms with Gasteiger partial charge in [-0.3, -0.25) is 4.79 Å². The number of carbonyl (C=O) groups is 1. The number of imidazole rings is 1. The van der Waals surface area contributed by atoms with Gasteiger partial charge in [0.2, 0.25) is 0 Å². The van der Waals surface area contributed by atoms with Crippen molar-refractivity contribution >= 4 is 32.6 Å². The molecule has 2 aromatic heterocycles. The van der Waals surface area contributed by atoms with E-state index in [1.54, 1.807) is 28.4 Å². The van der Waals surface area contributed by atoms with Crippen LogP contribution in [0.5, 0.6) is 0 Å². The van der Waals surface area contributed by atoms with Crippen molar-refractivity contribution in [1.29, 1.82) is 0 Å². The van der Waals surface area contributed by atoms with Crippen molar-refractivity contribution in [2.45, 2.75) is 32.7 Å². The molecule has 1 saturated heterocycles. The molecule has 26 heavy (non-hydrogen) atoms. The van der Waals surface area contributed by atoms with Crippen molar-refractivity contribution in [3.05, 3.63) is 41.5 Å². The summed E-state index contributed by atoms with van der Waals surface area (Å²) in [6, 6.07) is 4.53. The molecule has 1 fully saturated rings. The van der Waals surface area contributed by atoms with Gasteiger partial charge in [0.05, 0.1) is 22.7 Å². The van der Waals surface area contributed by atoms with Crippen LogP contribution >= 0.6 is 11.3 Å². The molecule has 1 aromatic carbocycles. The number of carbonyl (C=O) groups excluding carboxylic acids is 1. The van der Waals surface area contributed by atoms with Crippen LogP contribution in [0.15, 0.2) is 24.7 Å². The highest BCUT2D eigenvalue weighted by atomic mass is 32.1. The van der Waals surface area contributed by atoms with Crippen LogP contribution < -0.4 is 10.2 Å². The highest BCUT2D eigenvalue weighted by Crippen LogP contribution is 2.33. The normalized spacial score (nSPS) is 15.6. The average molecular weight is 369 g/mol. The third kappa shape index (κ3) is 3.07. The van der Waals surface area contributed by atoms with Gasteiger partial charge in [-0.1, -0.05) is 17.4 Å². The lowest BCUT2D eigenvalue weighted by atomic mass is 10.1. The molecule has 6 nitrogen and oxygen atoms in total. The number of amides is 1. The zero-order valence-corrected chi connectivity index (χ0v) is 16.1. The summed E-state index contributed by atoms with van der Waals surface area (Å²) >= 11 is 1.76. The second-order valence-corrected chi connectivity index (χ2v) is 7.98. The second kappa shape index (κ2) is 6.72. The van der Waals surface area contributed by atoms with Crippen LogP contribution in [-0.2, 0) is 7.05 Å². The van der Waals surface area contributed by atoms with Crippen LogP contribution in [-0.4, -0.2) is 39.6 Å². The summed E-state index contributed by atoms with van der Waals surface area (Å²) in [4.78, 5) is 23.6. The minimum absolute atomic E-state index is 0.0467. The number of aromatic nitrogens is 3. The number of nitrogens with zero attached hydrogens (tertiary/aromatic N) is 4. The first kappa shape index (κ1) is 17.0. The summed E-state index contributed by atoms with van der Waals surface area (Å²) in [5.74, 6) is -0.0467. The second-order valence-electron chi connectivity index (χ2n) is 6.98. The molecule has 0 unspecified atom stereocenters. The fourth-order valence-electron chi connectivity index (χ4n) is 3.40. The first-order chi connectivity index (χ1) is 12.5. The molecule has 1 N–H and O–H groups in total. The highest BCUT2D eigenvalue weighted by molar-refractivity contribution is 7.22. The maximum atomic E-state index is 12.3. The average Bonchev–Trinajstić information content (AvgIpc) is 3.25. The van der Waals surface area contributed by atoms with E-state index >= 15 is 0 Å². The summed E-state index contributed by atoms with van der Waals surface area (Å²) in [6.07, 6.45) is 5.11. The summed E-state index contributed by atoms with van der Waals surface area (Å²) in [6.45, 7) is 6.09. The zero-order valence-electron chi connectivity index (χ0n) is 15.3. The third-order valence-corrected chi connectivity index (χ3v) is 6.30. The molecular weight excluding hydrogens is 346 g/mol. The van der Waals surface area contributed by atoms with Crippen LogP contribution in [0.25, 0.3) is 10.2 Å². The van der Waals surface area contributed by atoms with Crippen LogP contribution in [0.3, 0.4) is 0 Å². The molecule has 0 radical (unpaired) electrons. The lowest BCUT2D eigenvalue weighted by Gasteiger charge is -2.32. The first-order valence-electron chi connectivity index (χ1n) is 8.92. The van der Waals surface area contributed by atoms with Gasteiger partial charge < -0.3 is 14.8 Å². The van der Waals surface area contributed by atoms with E-state index in [1.165, 1.54) is 15.8 Å². The number of rotatable bonds is 3. The van der Waals surface area contributed by atoms with E-state index < -0.39 is 0 Å². The molecule has 4 rings (SSSR count). The van der Waals surface area contributed by atoms with Gasteiger partial charge >= 0.3 is 0 Å². The Kier molecular flexibility index (Phi) is 4.40. The van der Waals surface area contributed by atoms with Crippen molar-refractivity contribution in [2.24, 2.45) is 7.05 Å². The summed E-state index contributed by atoms with van der Waals surface area (Å²) < 4.78 is 2.99. The number of hydrogen-bond donors (Lipinski definition) is 1. The molecule has 3 aromatic rings. The van der Waals surface area contributed by atoms with Crippen molar-refractivity contribution < 1.29 is 4.79 Å². The summed E-state index contributed by atoms with van der Waals surface area (Å²) in [5.41, 5.74) is 4.27. The predicted molar refractivity (Wildman–Crippen MR) is 105 cm³/mol. The zero-order chi connectivity index (χ0) is 18.3. The minimum atomic E-state index is -0.0467. The summed E-state index contributed by atoms with van der Waals surface area (Å²) in [5, 5.41) is 4.22. The number of fused-ring (bicyclic) bond motifs is 1. The van der Waals surface area contributed by atoms with E-state index in [9.17, 15) is 4.79 Å². The van der Waals surface area contributed by atoms with Gasteiger partial charge in [0, 0.05) is 26.2 Å². The number of aryl methyl sites for hydroxylation is 3. The molecular formula is C19H23N5OS. The van der Waals surface area contributed by atoms with E-state index in [2.05, 4.69) is 41.2 Å². The topological polar surface area (TPSA) is 63.1 Å². The van der Waals surface area contributed by atoms with Crippen LogP contribution in [0.1, 0.15) is 34.5 Å². The smallest absolute Gasteiger partial charge is 0.269 e. The quantitative estimate of drug-likeness (QED) is 0.771. The molecule has 1 aliphatic rings. The minimum Gasteiger partial charge on any atom is -0.348 e. The van der Waals surface area contributed by atoms with Crippen LogP contribution in [0.4, 0.5) is 5.13 Å². The fraction of sp³-hybridized carbons (Fsp3) is 0.421. The Hall–Kier alpha value is -2.41. The van der Waals surface area contributed by atoms with Crippen LogP contribution in [0.2, 0.25) is 0 Å². The van der Waals surface area contributed by atoms with Gasteiger partial charge in [0.15, 0.2) is 5.13 Å². The Morgan fingerprint density at radius 1 is 1.27 bits per heavy atom. The molecule has 0 bridgehead atoms. The van der Waals surface area contributed by atoms with E-state index in [0.29, 0.717) is 5.69 Å². The number of piperidine rings is 1. The Morgan fingerprint density at radius 2 is 2.04 bits per heavy atom. The van der Waals surface area contributed by atoms with Gasteiger partial charge in [0.25, 0.3) is 5.91 Å². The largest absolute Gasteiger partial charge is 0.348 e. The molecule has 7 heteroatoms.